The van der Waals surface area contributed by atoms with E-state index in [9.17, 15) is 24.5 Å². The van der Waals surface area contributed by atoms with Gasteiger partial charge in [-0.3, -0.25) is 24.6 Å². The molecule has 1 aliphatic heterocycles. The first-order valence-electron chi connectivity index (χ1n) is 8.34. The van der Waals surface area contributed by atoms with Crippen LogP contribution < -0.4 is 4.74 Å². The maximum absolute atomic E-state index is 12.5. The van der Waals surface area contributed by atoms with E-state index in [4.69, 9.17) is 16.3 Å². The third-order valence-electron chi connectivity index (χ3n) is 4.94. The number of halogens is 1. The molecule has 1 aromatic rings. The molecule has 0 aromatic heterocycles. The Morgan fingerprint density at radius 1 is 1.27 bits per heavy atom. The number of amides is 2. The normalized spacial score (nSPS) is 23.5. The van der Waals surface area contributed by atoms with Crippen molar-refractivity contribution in [3.63, 3.8) is 0 Å². The van der Waals surface area contributed by atoms with Gasteiger partial charge >= 0.3 is 5.97 Å². The minimum absolute atomic E-state index is 0.00830. The Morgan fingerprint density at radius 3 is 2.35 bits per heavy atom. The molecule has 2 aliphatic rings. The monoisotopic (exact) mass is 380 g/mol. The number of nitrogens with zero attached hydrogens (tertiary/aromatic N) is 2. The van der Waals surface area contributed by atoms with Crippen LogP contribution in [0.5, 0.6) is 5.75 Å². The summed E-state index contributed by atoms with van der Waals surface area (Å²) in [6.07, 6.45) is 3.11. The molecule has 0 radical (unpaired) electrons. The lowest BCUT2D eigenvalue weighted by Crippen LogP contribution is -2.45. The number of imide groups is 1. The van der Waals surface area contributed by atoms with Gasteiger partial charge in [-0.05, 0) is 25.8 Å². The molecule has 1 aliphatic carbocycles. The summed E-state index contributed by atoms with van der Waals surface area (Å²) in [4.78, 5) is 48.5. The summed E-state index contributed by atoms with van der Waals surface area (Å²) < 4.78 is 5.16. The molecule has 3 unspecified atom stereocenters. The quantitative estimate of drug-likeness (QED) is 0.261. The van der Waals surface area contributed by atoms with Crippen LogP contribution >= 0.6 is 11.6 Å². The number of rotatable bonds is 4. The van der Waals surface area contributed by atoms with Crippen LogP contribution in [0.25, 0.3) is 0 Å². The average Bonchev–Trinajstić information content (AvgIpc) is 2.85. The highest BCUT2D eigenvalue weighted by Crippen LogP contribution is 2.39. The number of nitro groups is 1. The number of fused-ring (bicyclic) bond motifs is 1. The highest BCUT2D eigenvalue weighted by atomic mass is 35.5. The lowest BCUT2D eigenvalue weighted by molar-refractivity contribution is -0.384. The molecule has 138 valence electrons. The average molecular weight is 381 g/mol. The van der Waals surface area contributed by atoms with E-state index in [2.05, 4.69) is 0 Å². The predicted octanol–water partition coefficient (Wildman–Crippen LogP) is 2.72. The zero-order valence-electron chi connectivity index (χ0n) is 14.0. The Labute approximate surface area is 154 Å². The van der Waals surface area contributed by atoms with E-state index >= 15 is 0 Å². The molecule has 0 spiro atoms. The lowest BCUT2D eigenvalue weighted by atomic mass is 9.81. The summed E-state index contributed by atoms with van der Waals surface area (Å²) >= 11 is 5.79. The summed E-state index contributed by atoms with van der Waals surface area (Å²) in [6, 6.07) is 2.44. The molecule has 2 amide bonds. The summed E-state index contributed by atoms with van der Waals surface area (Å²) in [5.41, 5.74) is -0.312. The van der Waals surface area contributed by atoms with Crippen molar-refractivity contribution in [1.82, 2.24) is 4.90 Å². The minimum atomic E-state index is -1.07. The summed E-state index contributed by atoms with van der Waals surface area (Å²) in [5.74, 6) is -2.14. The number of hydrogen-bond donors (Lipinski definition) is 0. The third kappa shape index (κ3) is 3.16. The van der Waals surface area contributed by atoms with Gasteiger partial charge in [-0.15, -0.1) is 0 Å². The number of likely N-dealkylation sites (tertiary alicyclic amines) is 1. The zero-order chi connectivity index (χ0) is 19.0. The maximum Gasteiger partial charge on any atom is 0.334 e. The minimum Gasteiger partial charge on any atom is -0.425 e. The fraction of sp³-hybridized carbons (Fsp3) is 0.471. The maximum atomic E-state index is 12.5. The molecule has 0 bridgehead atoms. The standard InChI is InChI=1S/C17H17ClN2O6/c1-9(19-15(21)11-4-2-3-5-12(11)16(19)22)17(23)26-10-6-7-14(20(24)25)13(18)8-10/h6-9,11-12H,2-5H2,1H3. The Bertz CT molecular complexity index is 771. The predicted molar refractivity (Wildman–Crippen MR) is 90.5 cm³/mol. The first-order chi connectivity index (χ1) is 12.3. The SMILES string of the molecule is CC(C(=O)Oc1ccc([N+](=O)[O-])c(Cl)c1)N1C(=O)C2CCCCC2C1=O. The van der Waals surface area contributed by atoms with Crippen LogP contribution in [0.3, 0.4) is 0 Å². The number of carbonyl (C=O) groups excluding carboxylic acids is 3. The third-order valence-corrected chi connectivity index (χ3v) is 5.24. The molecule has 1 saturated carbocycles. The fourth-order valence-electron chi connectivity index (χ4n) is 3.58. The Kier molecular flexibility index (Phi) is 4.95. The summed E-state index contributed by atoms with van der Waals surface area (Å²) in [7, 11) is 0. The molecule has 8 nitrogen and oxygen atoms in total. The van der Waals surface area contributed by atoms with E-state index in [-0.39, 0.29) is 40.1 Å². The second-order valence-electron chi connectivity index (χ2n) is 6.51. The Hall–Kier alpha value is -2.48. The molecule has 2 fully saturated rings. The zero-order valence-corrected chi connectivity index (χ0v) is 14.8. The lowest BCUT2D eigenvalue weighted by Gasteiger charge is -2.21. The van der Waals surface area contributed by atoms with E-state index in [1.165, 1.54) is 13.0 Å². The molecule has 26 heavy (non-hydrogen) atoms. The summed E-state index contributed by atoms with van der Waals surface area (Å²) in [5, 5.41) is 10.6. The molecule has 9 heteroatoms. The van der Waals surface area contributed by atoms with Crippen molar-refractivity contribution in [3.05, 3.63) is 33.3 Å². The number of hydrogen-bond acceptors (Lipinski definition) is 6. The smallest absolute Gasteiger partial charge is 0.334 e. The highest BCUT2D eigenvalue weighted by molar-refractivity contribution is 6.32. The fourth-order valence-corrected chi connectivity index (χ4v) is 3.82. The molecular weight excluding hydrogens is 364 g/mol. The van der Waals surface area contributed by atoms with Crippen molar-refractivity contribution in [2.45, 2.75) is 38.6 Å². The first-order valence-corrected chi connectivity index (χ1v) is 8.71. The first kappa shape index (κ1) is 18.3. The van der Waals surface area contributed by atoms with Gasteiger partial charge in [0.05, 0.1) is 16.8 Å². The van der Waals surface area contributed by atoms with E-state index < -0.39 is 16.9 Å². The van der Waals surface area contributed by atoms with Gasteiger partial charge in [0.1, 0.15) is 16.8 Å². The number of carbonyl (C=O) groups is 3. The van der Waals surface area contributed by atoms with Crippen molar-refractivity contribution in [2.75, 3.05) is 0 Å². The second-order valence-corrected chi connectivity index (χ2v) is 6.92. The second kappa shape index (κ2) is 7.03. The molecule has 3 rings (SSSR count). The van der Waals surface area contributed by atoms with Crippen LogP contribution in [-0.2, 0) is 14.4 Å². The van der Waals surface area contributed by atoms with Gasteiger partial charge in [-0.25, -0.2) is 4.79 Å². The van der Waals surface area contributed by atoms with Gasteiger partial charge < -0.3 is 4.74 Å². The summed E-state index contributed by atoms with van der Waals surface area (Å²) in [6.45, 7) is 1.43. The molecule has 1 saturated heterocycles. The molecular formula is C17H17ClN2O6. The number of nitro benzene ring substituents is 1. The van der Waals surface area contributed by atoms with Crippen LogP contribution in [0.4, 0.5) is 5.69 Å². The molecule has 3 atom stereocenters. The molecule has 1 aromatic carbocycles. The molecule has 1 heterocycles. The molecule has 0 N–H and O–H groups in total. The van der Waals surface area contributed by atoms with Crippen molar-refractivity contribution < 1.29 is 24.0 Å². The largest absolute Gasteiger partial charge is 0.425 e. The van der Waals surface area contributed by atoms with E-state index in [1.807, 2.05) is 0 Å². The van der Waals surface area contributed by atoms with Crippen LogP contribution in [0.1, 0.15) is 32.6 Å². The number of benzene rings is 1. The van der Waals surface area contributed by atoms with Gasteiger partial charge in [-0.2, -0.15) is 0 Å². The van der Waals surface area contributed by atoms with Crippen LogP contribution in [0, 0.1) is 22.0 Å². The van der Waals surface area contributed by atoms with Crippen molar-refractivity contribution in [1.29, 1.82) is 0 Å². The Morgan fingerprint density at radius 2 is 1.85 bits per heavy atom. The van der Waals surface area contributed by atoms with Gasteiger partial charge in [0, 0.05) is 12.1 Å². The van der Waals surface area contributed by atoms with E-state index in [0.29, 0.717) is 12.8 Å². The van der Waals surface area contributed by atoms with Crippen LogP contribution in [-0.4, -0.2) is 33.6 Å². The van der Waals surface area contributed by atoms with Gasteiger partial charge in [0.15, 0.2) is 0 Å². The van der Waals surface area contributed by atoms with Gasteiger partial charge in [0.25, 0.3) is 5.69 Å². The van der Waals surface area contributed by atoms with E-state index in [1.54, 1.807) is 0 Å². The van der Waals surface area contributed by atoms with Crippen LogP contribution in [0.15, 0.2) is 18.2 Å². The topological polar surface area (TPSA) is 107 Å². The van der Waals surface area contributed by atoms with Crippen LogP contribution in [0.2, 0.25) is 5.02 Å². The van der Waals surface area contributed by atoms with Crippen molar-refractivity contribution >= 4 is 35.1 Å². The number of esters is 1. The number of ether oxygens (including phenoxy) is 1. The van der Waals surface area contributed by atoms with Gasteiger partial charge in [-0.1, -0.05) is 24.4 Å². The van der Waals surface area contributed by atoms with Crippen molar-refractivity contribution in [2.24, 2.45) is 11.8 Å². The van der Waals surface area contributed by atoms with E-state index in [0.717, 1.165) is 29.9 Å². The van der Waals surface area contributed by atoms with Crippen molar-refractivity contribution in [3.8, 4) is 5.75 Å². The highest BCUT2D eigenvalue weighted by Gasteiger charge is 2.51. The van der Waals surface area contributed by atoms with Gasteiger partial charge in [0.2, 0.25) is 11.8 Å². The Balaban J connectivity index is 1.74.